The number of carbonyl (C=O) groups excluding carboxylic acids is 2. The quantitative estimate of drug-likeness (QED) is 0.409. The Bertz CT molecular complexity index is 798. The molecule has 0 unspecified atom stereocenters. The molecule has 12 heteroatoms. The van der Waals surface area contributed by atoms with Gasteiger partial charge >= 0.3 is 18.3 Å². The van der Waals surface area contributed by atoms with Crippen molar-refractivity contribution in [2.45, 2.75) is 6.36 Å². The number of halogens is 5. The van der Waals surface area contributed by atoms with E-state index in [1.165, 1.54) is 11.0 Å². The second-order valence-electron chi connectivity index (χ2n) is 5.00. The summed E-state index contributed by atoms with van der Waals surface area (Å²) in [7, 11) is 2.28. The first-order valence-electron chi connectivity index (χ1n) is 7.09. The third-order valence-electron chi connectivity index (χ3n) is 3.35. The van der Waals surface area contributed by atoms with E-state index < -0.39 is 24.1 Å². The molecule has 1 aromatic rings. The normalized spacial score (nSPS) is 14.9. The van der Waals surface area contributed by atoms with Crippen LogP contribution in [0.15, 0.2) is 27.9 Å². The predicted molar refractivity (Wildman–Crippen MR) is 97.9 cm³/mol. The number of carbonyl (C=O) groups is 2. The monoisotopic (exact) mass is 565 g/mol. The fraction of sp³-hybridized carbons (Fsp3) is 0.333. The topological polar surface area (TPSA) is 74.3 Å². The van der Waals surface area contributed by atoms with E-state index in [-0.39, 0.29) is 29.1 Å². The van der Waals surface area contributed by atoms with E-state index in [1.807, 2.05) is 0 Å². The molecule has 7 nitrogen and oxygen atoms in total. The first kappa shape index (κ1) is 21.8. The van der Waals surface area contributed by atoms with Gasteiger partial charge in [0.15, 0.2) is 0 Å². The van der Waals surface area contributed by atoms with Gasteiger partial charge in [0.25, 0.3) is 0 Å². The number of nitrogens with zero attached hydrogens (tertiary/aromatic N) is 1. The molecule has 0 radical (unpaired) electrons. The van der Waals surface area contributed by atoms with Crippen molar-refractivity contribution in [1.82, 2.24) is 0 Å². The summed E-state index contributed by atoms with van der Waals surface area (Å²) in [6, 6.07) is 2.45. The zero-order valence-corrected chi connectivity index (χ0v) is 17.6. The average Bonchev–Trinajstić information content (AvgIpc) is 2.61. The highest BCUT2D eigenvalue weighted by atomic mass is 127. The van der Waals surface area contributed by atoms with E-state index in [4.69, 9.17) is 9.47 Å². The Morgan fingerprint density at radius 3 is 2.41 bits per heavy atom. The first-order valence-corrected chi connectivity index (χ1v) is 8.96. The van der Waals surface area contributed by atoms with Gasteiger partial charge in [-0.3, -0.25) is 0 Å². The summed E-state index contributed by atoms with van der Waals surface area (Å²) >= 11 is 4.79. The molecule has 1 aliphatic rings. The lowest BCUT2D eigenvalue weighted by Gasteiger charge is -2.32. The first-order chi connectivity index (χ1) is 12.6. The molecule has 0 spiro atoms. The van der Waals surface area contributed by atoms with Gasteiger partial charge in [0, 0.05) is 3.57 Å². The molecule has 0 fully saturated rings. The summed E-state index contributed by atoms with van der Waals surface area (Å²) in [5, 5.41) is 0. The molecule has 0 aromatic heterocycles. The standard InChI is InChI=1S/C15H12BrF3INO6/c1-24-13(22)7-5-26-6-21(12(7)14(23)25-2)10-3-8(16)11(4-9(10)20)27-15(17,18)19/h3-4H,5-6H2,1-2H3. The van der Waals surface area contributed by atoms with Crippen molar-refractivity contribution in [2.24, 2.45) is 0 Å². The number of hydrogen-bond acceptors (Lipinski definition) is 7. The number of anilines is 1. The summed E-state index contributed by atoms with van der Waals surface area (Å²) in [4.78, 5) is 25.6. The number of alkyl halides is 3. The Balaban J connectivity index is 2.56. The maximum Gasteiger partial charge on any atom is 0.573 e. The molecule has 0 atom stereocenters. The Kier molecular flexibility index (Phi) is 6.97. The molecule has 1 heterocycles. The van der Waals surface area contributed by atoms with Crippen LogP contribution in [0.25, 0.3) is 0 Å². The van der Waals surface area contributed by atoms with Crippen molar-refractivity contribution in [3.8, 4) is 5.75 Å². The van der Waals surface area contributed by atoms with Crippen molar-refractivity contribution in [3.05, 3.63) is 31.4 Å². The van der Waals surface area contributed by atoms with Crippen LogP contribution >= 0.6 is 38.5 Å². The molecule has 0 N–H and O–H groups in total. The molecule has 0 saturated carbocycles. The Hall–Kier alpha value is -1.54. The number of esters is 2. The number of ether oxygens (including phenoxy) is 4. The second kappa shape index (κ2) is 8.65. The maximum absolute atomic E-state index is 12.5. The summed E-state index contributed by atoms with van der Waals surface area (Å²) in [5.41, 5.74) is 0.113. The van der Waals surface area contributed by atoms with Crippen LogP contribution in [0, 0.1) is 3.57 Å². The molecule has 1 aliphatic heterocycles. The van der Waals surface area contributed by atoms with Gasteiger partial charge in [0.1, 0.15) is 18.2 Å². The van der Waals surface area contributed by atoms with E-state index in [9.17, 15) is 22.8 Å². The molecule has 0 saturated heterocycles. The Morgan fingerprint density at radius 2 is 1.85 bits per heavy atom. The lowest BCUT2D eigenvalue weighted by molar-refractivity contribution is -0.274. The average molecular weight is 566 g/mol. The number of rotatable bonds is 4. The minimum absolute atomic E-state index is 0.00958. The van der Waals surface area contributed by atoms with Crippen LogP contribution in [0.3, 0.4) is 0 Å². The zero-order chi connectivity index (χ0) is 20.4. The van der Waals surface area contributed by atoms with Crippen molar-refractivity contribution in [2.75, 3.05) is 32.5 Å². The van der Waals surface area contributed by atoms with E-state index in [0.29, 0.717) is 9.26 Å². The van der Waals surface area contributed by atoms with Crippen LogP contribution < -0.4 is 9.64 Å². The third-order valence-corrected chi connectivity index (χ3v) is 4.83. The van der Waals surface area contributed by atoms with Gasteiger partial charge in [-0.25, -0.2) is 9.59 Å². The Labute approximate surface area is 173 Å². The van der Waals surface area contributed by atoms with Crippen molar-refractivity contribution >= 4 is 56.1 Å². The SMILES string of the molecule is COC(=O)C1=C(C(=O)OC)N(c2cc(Br)c(OC(F)(F)F)cc2I)COC1. The van der Waals surface area contributed by atoms with Gasteiger partial charge in [0.05, 0.1) is 36.6 Å². The van der Waals surface area contributed by atoms with Crippen LogP contribution in [0.2, 0.25) is 0 Å². The number of methoxy groups -OCH3 is 2. The van der Waals surface area contributed by atoms with E-state index >= 15 is 0 Å². The molecule has 0 bridgehead atoms. The summed E-state index contributed by atoms with van der Waals surface area (Å²) in [6.07, 6.45) is -4.86. The van der Waals surface area contributed by atoms with Crippen molar-refractivity contribution in [3.63, 3.8) is 0 Å². The van der Waals surface area contributed by atoms with E-state index in [0.717, 1.165) is 20.3 Å². The third kappa shape index (κ3) is 5.04. The second-order valence-corrected chi connectivity index (χ2v) is 7.01. The Morgan fingerprint density at radius 1 is 1.22 bits per heavy atom. The summed E-state index contributed by atoms with van der Waals surface area (Å²) in [5.74, 6) is -2.06. The van der Waals surface area contributed by atoms with Crippen LogP contribution in [-0.4, -0.2) is 45.9 Å². The lowest BCUT2D eigenvalue weighted by Crippen LogP contribution is -2.39. The van der Waals surface area contributed by atoms with E-state index in [1.54, 1.807) is 22.6 Å². The van der Waals surface area contributed by atoms with Gasteiger partial charge in [-0.05, 0) is 50.7 Å². The van der Waals surface area contributed by atoms with Crippen molar-refractivity contribution < 1.29 is 41.7 Å². The van der Waals surface area contributed by atoms with Crippen LogP contribution in [0.1, 0.15) is 0 Å². The van der Waals surface area contributed by atoms with Crippen LogP contribution in [-0.2, 0) is 23.8 Å². The van der Waals surface area contributed by atoms with Crippen LogP contribution in [0.5, 0.6) is 5.75 Å². The van der Waals surface area contributed by atoms with Gasteiger partial charge in [0.2, 0.25) is 0 Å². The van der Waals surface area contributed by atoms with Gasteiger partial charge in [-0.1, -0.05) is 0 Å². The molecule has 1 aromatic carbocycles. The fourth-order valence-corrected chi connectivity index (χ4v) is 3.40. The molecular weight excluding hydrogens is 554 g/mol. The van der Waals surface area contributed by atoms with Gasteiger partial charge < -0.3 is 23.8 Å². The van der Waals surface area contributed by atoms with Gasteiger partial charge in [-0.15, -0.1) is 13.2 Å². The molecule has 0 aliphatic carbocycles. The fourth-order valence-electron chi connectivity index (χ4n) is 2.26. The molecule has 2 rings (SSSR count). The van der Waals surface area contributed by atoms with Crippen molar-refractivity contribution in [1.29, 1.82) is 0 Å². The van der Waals surface area contributed by atoms with E-state index in [2.05, 4.69) is 25.4 Å². The minimum atomic E-state index is -4.86. The summed E-state index contributed by atoms with van der Waals surface area (Å²) < 4.78 is 56.5. The van der Waals surface area contributed by atoms with Crippen LogP contribution in [0.4, 0.5) is 18.9 Å². The molecule has 0 amide bonds. The largest absolute Gasteiger partial charge is 0.573 e. The maximum atomic E-state index is 12.5. The predicted octanol–water partition coefficient (Wildman–Crippen LogP) is 3.35. The molecular formula is C15H12BrF3INO6. The molecule has 148 valence electrons. The smallest absolute Gasteiger partial charge is 0.466 e. The number of benzene rings is 1. The highest BCUT2D eigenvalue weighted by molar-refractivity contribution is 14.1. The highest BCUT2D eigenvalue weighted by Gasteiger charge is 2.35. The minimum Gasteiger partial charge on any atom is -0.466 e. The van der Waals surface area contributed by atoms with Gasteiger partial charge in [-0.2, -0.15) is 0 Å². The zero-order valence-electron chi connectivity index (χ0n) is 13.9. The summed E-state index contributed by atoms with van der Waals surface area (Å²) in [6.45, 7) is -0.312. The highest BCUT2D eigenvalue weighted by Crippen LogP contribution is 2.39. The molecule has 27 heavy (non-hydrogen) atoms. The number of hydrogen-bond donors (Lipinski definition) is 0. The lowest BCUT2D eigenvalue weighted by atomic mass is 10.1.